The van der Waals surface area contributed by atoms with Gasteiger partial charge in [-0.3, -0.25) is 4.68 Å². The number of rotatable bonds is 4. The van der Waals surface area contributed by atoms with Crippen LogP contribution in [0.15, 0.2) is 10.2 Å². The van der Waals surface area contributed by atoms with E-state index in [1.807, 2.05) is 14.0 Å². The minimum Gasteiger partial charge on any atom is -0.409 e. The van der Waals surface area contributed by atoms with Crippen molar-refractivity contribution in [2.24, 2.45) is 23.9 Å². The van der Waals surface area contributed by atoms with Gasteiger partial charge in [0.05, 0.1) is 11.3 Å². The molecule has 16 heavy (non-hydrogen) atoms. The van der Waals surface area contributed by atoms with Gasteiger partial charge < -0.3 is 10.9 Å². The van der Waals surface area contributed by atoms with Gasteiger partial charge in [-0.2, -0.15) is 5.10 Å². The zero-order chi connectivity index (χ0) is 12.3. The third kappa shape index (κ3) is 2.69. The van der Waals surface area contributed by atoms with Crippen LogP contribution in [0, 0.1) is 12.8 Å². The molecular formula is C10H18N4OS. The summed E-state index contributed by atoms with van der Waals surface area (Å²) in [5.74, 6) is 1.68. The number of thioether (sulfide) groups is 1. The minimum atomic E-state index is 0.122. The molecule has 0 radical (unpaired) electrons. The van der Waals surface area contributed by atoms with Crippen LogP contribution in [-0.4, -0.2) is 26.6 Å². The molecule has 1 aromatic heterocycles. The number of hydrogen-bond donors (Lipinski definition) is 2. The average Bonchev–Trinajstić information content (AvgIpc) is 2.49. The van der Waals surface area contributed by atoms with Gasteiger partial charge in [0.25, 0.3) is 0 Å². The first-order chi connectivity index (χ1) is 7.47. The first-order valence-electron chi connectivity index (χ1n) is 5.11. The summed E-state index contributed by atoms with van der Waals surface area (Å²) in [7, 11) is 1.86. The van der Waals surface area contributed by atoms with Crippen LogP contribution in [0.1, 0.15) is 25.1 Å². The number of aryl methyl sites for hydroxylation is 2. The number of amidine groups is 1. The number of oxime groups is 1. The molecule has 6 heteroatoms. The maximum Gasteiger partial charge on any atom is 0.174 e. The number of nitrogens with two attached hydrogens (primary N) is 1. The maximum atomic E-state index is 8.74. The SMILES string of the molecule is Cc1nn(C)c(SCC(C)C)c1C(N)=NO. The average molecular weight is 242 g/mol. The Labute approximate surface area is 99.7 Å². The van der Waals surface area contributed by atoms with Crippen LogP contribution >= 0.6 is 11.8 Å². The summed E-state index contributed by atoms with van der Waals surface area (Å²) in [6, 6.07) is 0. The highest BCUT2D eigenvalue weighted by Gasteiger charge is 2.17. The first kappa shape index (κ1) is 12.9. The van der Waals surface area contributed by atoms with E-state index >= 15 is 0 Å². The van der Waals surface area contributed by atoms with Crippen molar-refractivity contribution in [3.8, 4) is 0 Å². The number of nitrogens with zero attached hydrogens (tertiary/aromatic N) is 3. The Hall–Kier alpha value is -1.17. The molecule has 0 unspecified atom stereocenters. The molecule has 0 amide bonds. The molecule has 1 aromatic rings. The van der Waals surface area contributed by atoms with Crippen LogP contribution in [0.25, 0.3) is 0 Å². The van der Waals surface area contributed by atoms with Gasteiger partial charge in [0.1, 0.15) is 5.03 Å². The van der Waals surface area contributed by atoms with E-state index in [1.165, 1.54) is 0 Å². The molecule has 0 saturated heterocycles. The molecule has 90 valence electrons. The lowest BCUT2D eigenvalue weighted by atomic mass is 10.2. The molecule has 1 heterocycles. The van der Waals surface area contributed by atoms with Crippen LogP contribution < -0.4 is 5.73 Å². The second-order valence-electron chi connectivity index (χ2n) is 4.08. The Morgan fingerprint density at radius 2 is 2.25 bits per heavy atom. The van der Waals surface area contributed by atoms with E-state index < -0.39 is 0 Å². The largest absolute Gasteiger partial charge is 0.409 e. The molecular weight excluding hydrogens is 224 g/mol. The Balaban J connectivity index is 3.06. The summed E-state index contributed by atoms with van der Waals surface area (Å²) in [4.78, 5) is 0. The van der Waals surface area contributed by atoms with Crippen LogP contribution in [0.4, 0.5) is 0 Å². The van der Waals surface area contributed by atoms with E-state index in [4.69, 9.17) is 10.9 Å². The predicted octanol–water partition coefficient (Wildman–Crippen LogP) is 1.57. The van der Waals surface area contributed by atoms with Crippen molar-refractivity contribution in [1.82, 2.24) is 9.78 Å². The van der Waals surface area contributed by atoms with E-state index in [0.29, 0.717) is 5.92 Å². The third-order valence-electron chi connectivity index (χ3n) is 2.09. The predicted molar refractivity (Wildman–Crippen MR) is 66.0 cm³/mol. The molecule has 0 atom stereocenters. The quantitative estimate of drug-likeness (QED) is 0.276. The maximum absolute atomic E-state index is 8.74. The molecule has 0 aromatic carbocycles. The Bertz CT molecular complexity index is 398. The highest BCUT2D eigenvalue weighted by atomic mass is 32.2. The lowest BCUT2D eigenvalue weighted by Crippen LogP contribution is -2.15. The van der Waals surface area contributed by atoms with Crippen molar-refractivity contribution < 1.29 is 5.21 Å². The van der Waals surface area contributed by atoms with Gasteiger partial charge in [0.2, 0.25) is 0 Å². The van der Waals surface area contributed by atoms with Crippen LogP contribution in [0.5, 0.6) is 0 Å². The second-order valence-corrected chi connectivity index (χ2v) is 5.09. The standard InChI is InChI=1S/C10H18N4OS/c1-6(2)5-16-10-8(9(11)13-15)7(3)12-14(10)4/h6,15H,5H2,1-4H3,(H2,11,13). The van der Waals surface area contributed by atoms with Crippen molar-refractivity contribution in [3.05, 3.63) is 11.3 Å². The van der Waals surface area contributed by atoms with Crippen LogP contribution in [0.2, 0.25) is 0 Å². The molecule has 3 N–H and O–H groups in total. The third-order valence-corrected chi connectivity index (χ3v) is 3.66. The van der Waals surface area contributed by atoms with Crippen molar-refractivity contribution in [1.29, 1.82) is 0 Å². The Kier molecular flexibility index (Phi) is 4.23. The fourth-order valence-electron chi connectivity index (χ4n) is 1.39. The summed E-state index contributed by atoms with van der Waals surface area (Å²) in [5.41, 5.74) is 7.16. The molecule has 0 bridgehead atoms. The Morgan fingerprint density at radius 3 is 2.75 bits per heavy atom. The number of aromatic nitrogens is 2. The molecule has 5 nitrogen and oxygen atoms in total. The van der Waals surface area contributed by atoms with Gasteiger partial charge in [0.15, 0.2) is 5.84 Å². The van der Waals surface area contributed by atoms with E-state index in [9.17, 15) is 0 Å². The van der Waals surface area contributed by atoms with Gasteiger partial charge in [-0.15, -0.1) is 11.8 Å². The zero-order valence-electron chi connectivity index (χ0n) is 10.1. The highest BCUT2D eigenvalue weighted by molar-refractivity contribution is 7.99. The lowest BCUT2D eigenvalue weighted by molar-refractivity contribution is 0.318. The Morgan fingerprint density at radius 1 is 1.62 bits per heavy atom. The van der Waals surface area contributed by atoms with Gasteiger partial charge in [-0.1, -0.05) is 19.0 Å². The summed E-state index contributed by atoms with van der Waals surface area (Å²) < 4.78 is 1.77. The van der Waals surface area contributed by atoms with Gasteiger partial charge in [0, 0.05) is 12.8 Å². The second kappa shape index (κ2) is 5.25. The summed E-state index contributed by atoms with van der Waals surface area (Å²) in [6.45, 7) is 6.16. The molecule has 0 aliphatic rings. The smallest absolute Gasteiger partial charge is 0.174 e. The molecule has 1 rings (SSSR count). The highest BCUT2D eigenvalue weighted by Crippen LogP contribution is 2.26. The van der Waals surface area contributed by atoms with Crippen LogP contribution in [-0.2, 0) is 7.05 Å². The first-order valence-corrected chi connectivity index (χ1v) is 6.10. The lowest BCUT2D eigenvalue weighted by Gasteiger charge is -2.07. The van der Waals surface area contributed by atoms with E-state index in [0.717, 1.165) is 22.0 Å². The van der Waals surface area contributed by atoms with E-state index in [-0.39, 0.29) is 5.84 Å². The van der Waals surface area contributed by atoms with Crippen molar-refractivity contribution >= 4 is 17.6 Å². The molecule has 0 saturated carbocycles. The molecule has 0 fully saturated rings. The molecule has 0 aliphatic heterocycles. The van der Waals surface area contributed by atoms with Crippen molar-refractivity contribution in [2.75, 3.05) is 5.75 Å². The number of hydrogen-bond acceptors (Lipinski definition) is 4. The summed E-state index contributed by atoms with van der Waals surface area (Å²) in [6.07, 6.45) is 0. The fraction of sp³-hybridized carbons (Fsp3) is 0.600. The zero-order valence-corrected chi connectivity index (χ0v) is 10.9. The topological polar surface area (TPSA) is 76.4 Å². The molecule has 0 aliphatic carbocycles. The van der Waals surface area contributed by atoms with Crippen molar-refractivity contribution in [3.63, 3.8) is 0 Å². The summed E-state index contributed by atoms with van der Waals surface area (Å²) >= 11 is 1.67. The summed E-state index contributed by atoms with van der Waals surface area (Å²) in [5, 5.41) is 17.0. The fourth-order valence-corrected chi connectivity index (χ4v) is 2.51. The van der Waals surface area contributed by atoms with Gasteiger partial charge >= 0.3 is 0 Å². The monoisotopic (exact) mass is 242 g/mol. The van der Waals surface area contributed by atoms with Crippen molar-refractivity contribution in [2.45, 2.75) is 25.8 Å². The minimum absolute atomic E-state index is 0.122. The van der Waals surface area contributed by atoms with Gasteiger partial charge in [-0.05, 0) is 12.8 Å². The molecule has 0 spiro atoms. The normalized spacial score (nSPS) is 12.4. The van der Waals surface area contributed by atoms with E-state index in [1.54, 1.807) is 16.4 Å². The van der Waals surface area contributed by atoms with Crippen LogP contribution in [0.3, 0.4) is 0 Å². The van der Waals surface area contributed by atoms with E-state index in [2.05, 4.69) is 24.1 Å². The van der Waals surface area contributed by atoms with Gasteiger partial charge in [-0.25, -0.2) is 0 Å².